The van der Waals surface area contributed by atoms with Crippen LogP contribution in [0, 0.1) is 6.92 Å². The maximum atomic E-state index is 12.6. The van der Waals surface area contributed by atoms with Gasteiger partial charge in [-0.05, 0) is 31.5 Å². The minimum absolute atomic E-state index is 0.0966. The molecule has 1 aromatic heterocycles. The maximum absolute atomic E-state index is 12.6. The third-order valence-electron chi connectivity index (χ3n) is 3.50. The van der Waals surface area contributed by atoms with E-state index in [0.29, 0.717) is 42.0 Å². The van der Waals surface area contributed by atoms with Crippen molar-refractivity contribution in [1.82, 2.24) is 0 Å². The summed E-state index contributed by atoms with van der Waals surface area (Å²) in [4.78, 5) is 26.3. The lowest BCUT2D eigenvalue weighted by atomic mass is 10.1. The topological polar surface area (TPSA) is 50.5 Å². The van der Waals surface area contributed by atoms with Gasteiger partial charge in [0, 0.05) is 18.5 Å². The number of para-hydroxylation sites is 1. The molecule has 1 amide bonds. The summed E-state index contributed by atoms with van der Waals surface area (Å²) in [6.07, 6.45) is 2.62. The monoisotopic (exact) mass is 269 g/mol. The van der Waals surface area contributed by atoms with Crippen LogP contribution >= 0.6 is 0 Å². The van der Waals surface area contributed by atoms with Gasteiger partial charge < -0.3 is 9.32 Å². The van der Waals surface area contributed by atoms with Gasteiger partial charge in [-0.1, -0.05) is 12.1 Å². The summed E-state index contributed by atoms with van der Waals surface area (Å²) in [7, 11) is 0. The number of rotatable bonds is 1. The van der Waals surface area contributed by atoms with Gasteiger partial charge in [-0.3, -0.25) is 9.59 Å². The number of benzene rings is 1. The molecule has 4 nitrogen and oxygen atoms in total. The second kappa shape index (κ2) is 4.96. The number of Topliss-reactive ketones (excluding diaryl/α,β-unsaturated/α-hetero) is 1. The molecule has 1 aliphatic heterocycles. The highest BCUT2D eigenvalue weighted by atomic mass is 16.3. The molecule has 4 heteroatoms. The maximum Gasteiger partial charge on any atom is 0.261 e. The first-order valence-electron chi connectivity index (χ1n) is 6.66. The molecule has 0 unspecified atom stereocenters. The highest BCUT2D eigenvalue weighted by molar-refractivity contribution is 6.11. The number of aryl methyl sites for hydroxylation is 1. The Morgan fingerprint density at radius 1 is 1.30 bits per heavy atom. The van der Waals surface area contributed by atoms with Crippen LogP contribution in [0.15, 0.2) is 41.0 Å². The standard InChI is InChI=1S/C16H15NO3/c1-11-9-12(10-20-11)16(19)17-8-4-7-15(18)13-5-2-3-6-14(13)17/h2-3,5-6,9-10H,4,7-8H2,1H3. The number of fused-ring (bicyclic) bond motifs is 1. The number of amides is 1. The molecule has 1 aromatic carbocycles. The molecule has 0 atom stereocenters. The molecule has 2 heterocycles. The van der Waals surface area contributed by atoms with Crippen LogP contribution in [-0.4, -0.2) is 18.2 Å². The van der Waals surface area contributed by atoms with Gasteiger partial charge in [0.2, 0.25) is 0 Å². The Labute approximate surface area is 117 Å². The first-order chi connectivity index (χ1) is 9.66. The minimum Gasteiger partial charge on any atom is -0.469 e. The number of carbonyl (C=O) groups is 2. The Kier molecular flexibility index (Phi) is 3.14. The average Bonchev–Trinajstić information content (AvgIpc) is 2.82. The van der Waals surface area contributed by atoms with E-state index in [9.17, 15) is 9.59 Å². The van der Waals surface area contributed by atoms with Crippen molar-refractivity contribution in [2.75, 3.05) is 11.4 Å². The molecule has 3 rings (SSSR count). The molecular formula is C16H15NO3. The largest absolute Gasteiger partial charge is 0.469 e. The van der Waals surface area contributed by atoms with Crippen molar-refractivity contribution >= 4 is 17.4 Å². The smallest absolute Gasteiger partial charge is 0.261 e. The Morgan fingerprint density at radius 2 is 2.10 bits per heavy atom. The van der Waals surface area contributed by atoms with Gasteiger partial charge in [-0.2, -0.15) is 0 Å². The quantitative estimate of drug-likeness (QED) is 0.798. The molecule has 0 spiro atoms. The molecule has 102 valence electrons. The van der Waals surface area contributed by atoms with Gasteiger partial charge in [0.1, 0.15) is 12.0 Å². The summed E-state index contributed by atoms with van der Waals surface area (Å²) in [6, 6.07) is 9.00. The predicted octanol–water partition coefficient (Wildman–Crippen LogP) is 3.21. The number of ketones is 1. The normalized spacial score (nSPS) is 14.8. The third kappa shape index (κ3) is 2.13. The summed E-state index contributed by atoms with van der Waals surface area (Å²) in [5.74, 6) is 0.677. The van der Waals surface area contributed by atoms with Crippen LogP contribution in [0.1, 0.15) is 39.3 Å². The Balaban J connectivity index is 2.03. The third-order valence-corrected chi connectivity index (χ3v) is 3.50. The first kappa shape index (κ1) is 12.7. The van der Waals surface area contributed by atoms with E-state index in [4.69, 9.17) is 4.42 Å². The molecular weight excluding hydrogens is 254 g/mol. The molecule has 2 aromatic rings. The van der Waals surface area contributed by atoms with Crippen molar-refractivity contribution in [2.24, 2.45) is 0 Å². The summed E-state index contributed by atoms with van der Waals surface area (Å²) in [5.41, 5.74) is 1.84. The Hall–Kier alpha value is -2.36. The van der Waals surface area contributed by atoms with Gasteiger partial charge in [-0.25, -0.2) is 0 Å². The zero-order chi connectivity index (χ0) is 14.1. The van der Waals surface area contributed by atoms with Crippen molar-refractivity contribution in [1.29, 1.82) is 0 Å². The van der Waals surface area contributed by atoms with Crippen molar-refractivity contribution in [3.63, 3.8) is 0 Å². The number of nitrogens with zero attached hydrogens (tertiary/aromatic N) is 1. The summed E-state index contributed by atoms with van der Waals surface area (Å²) < 4.78 is 5.20. The zero-order valence-electron chi connectivity index (χ0n) is 11.3. The first-order valence-corrected chi connectivity index (χ1v) is 6.66. The van der Waals surface area contributed by atoms with Crippen LogP contribution < -0.4 is 4.90 Å². The molecule has 0 N–H and O–H groups in total. The molecule has 0 bridgehead atoms. The van der Waals surface area contributed by atoms with E-state index in [2.05, 4.69) is 0 Å². The van der Waals surface area contributed by atoms with Gasteiger partial charge >= 0.3 is 0 Å². The lowest BCUT2D eigenvalue weighted by Gasteiger charge is -2.21. The van der Waals surface area contributed by atoms with E-state index >= 15 is 0 Å². The van der Waals surface area contributed by atoms with Gasteiger partial charge in [0.25, 0.3) is 5.91 Å². The van der Waals surface area contributed by atoms with E-state index in [-0.39, 0.29) is 11.7 Å². The van der Waals surface area contributed by atoms with Crippen LogP contribution in [0.25, 0.3) is 0 Å². The van der Waals surface area contributed by atoms with Crippen molar-refractivity contribution in [3.05, 3.63) is 53.5 Å². The summed E-state index contributed by atoms with van der Waals surface area (Å²) in [5, 5.41) is 0. The van der Waals surface area contributed by atoms with E-state index < -0.39 is 0 Å². The second-order valence-electron chi connectivity index (χ2n) is 4.95. The molecule has 0 saturated carbocycles. The van der Waals surface area contributed by atoms with Crippen LogP contribution in [0.3, 0.4) is 0 Å². The molecule has 1 aliphatic rings. The Bertz CT molecular complexity index is 672. The lowest BCUT2D eigenvalue weighted by Crippen LogP contribution is -2.31. The van der Waals surface area contributed by atoms with Gasteiger partial charge in [0.05, 0.1) is 11.3 Å². The molecule has 0 fully saturated rings. The lowest BCUT2D eigenvalue weighted by molar-refractivity contribution is 0.0973. The number of anilines is 1. The fraction of sp³-hybridized carbons (Fsp3) is 0.250. The average molecular weight is 269 g/mol. The van der Waals surface area contributed by atoms with E-state index in [1.54, 1.807) is 24.0 Å². The summed E-state index contributed by atoms with van der Waals surface area (Å²) in [6.45, 7) is 2.35. The van der Waals surface area contributed by atoms with Crippen molar-refractivity contribution in [2.45, 2.75) is 19.8 Å². The highest BCUT2D eigenvalue weighted by Gasteiger charge is 2.26. The fourth-order valence-electron chi connectivity index (χ4n) is 2.52. The van der Waals surface area contributed by atoms with Crippen LogP contribution in [0.4, 0.5) is 5.69 Å². The zero-order valence-corrected chi connectivity index (χ0v) is 11.3. The second-order valence-corrected chi connectivity index (χ2v) is 4.95. The van der Waals surface area contributed by atoms with Crippen LogP contribution in [0.2, 0.25) is 0 Å². The SMILES string of the molecule is Cc1cc(C(=O)N2CCCC(=O)c3ccccc32)co1. The fourth-order valence-corrected chi connectivity index (χ4v) is 2.52. The Morgan fingerprint density at radius 3 is 2.85 bits per heavy atom. The van der Waals surface area contributed by atoms with Crippen molar-refractivity contribution in [3.8, 4) is 0 Å². The molecule has 0 saturated heterocycles. The van der Waals surface area contributed by atoms with Crippen LogP contribution in [-0.2, 0) is 0 Å². The predicted molar refractivity (Wildman–Crippen MR) is 75.1 cm³/mol. The van der Waals surface area contributed by atoms with E-state index in [0.717, 1.165) is 0 Å². The van der Waals surface area contributed by atoms with Crippen molar-refractivity contribution < 1.29 is 14.0 Å². The van der Waals surface area contributed by atoms with Gasteiger partial charge in [-0.15, -0.1) is 0 Å². The van der Waals surface area contributed by atoms with Crippen LogP contribution in [0.5, 0.6) is 0 Å². The number of hydrogen-bond donors (Lipinski definition) is 0. The number of furan rings is 1. The van der Waals surface area contributed by atoms with Gasteiger partial charge in [0.15, 0.2) is 5.78 Å². The molecule has 0 aliphatic carbocycles. The molecule has 0 radical (unpaired) electrons. The minimum atomic E-state index is -0.121. The van der Waals surface area contributed by atoms with E-state index in [1.807, 2.05) is 18.2 Å². The highest BCUT2D eigenvalue weighted by Crippen LogP contribution is 2.27. The number of carbonyl (C=O) groups excluding carboxylic acids is 2. The summed E-state index contributed by atoms with van der Waals surface area (Å²) >= 11 is 0. The molecule has 20 heavy (non-hydrogen) atoms. The van der Waals surface area contributed by atoms with E-state index in [1.165, 1.54) is 6.26 Å². The number of hydrogen-bond acceptors (Lipinski definition) is 3.